The van der Waals surface area contributed by atoms with Gasteiger partial charge in [-0.3, -0.25) is 4.79 Å². The zero-order chi connectivity index (χ0) is 26.8. The van der Waals surface area contributed by atoms with Crippen LogP contribution in [0.2, 0.25) is 5.02 Å². The summed E-state index contributed by atoms with van der Waals surface area (Å²) in [6, 6.07) is 17.1. The molecule has 4 N–H and O–H groups in total. The molecule has 5 aromatic rings. The molecule has 1 atom stereocenters. The van der Waals surface area contributed by atoms with Gasteiger partial charge in [0, 0.05) is 41.0 Å². The van der Waals surface area contributed by atoms with Crippen molar-refractivity contribution in [2.75, 3.05) is 6.61 Å². The molecule has 0 saturated carbocycles. The van der Waals surface area contributed by atoms with E-state index >= 15 is 0 Å². The Balaban J connectivity index is 1.32. The normalized spacial score (nSPS) is 11.9. The SMILES string of the molecule is O=C(COc1cc2oc(=O)cc(-c3ccccc3)c2cc1Cl)N[C@@H](Cc1c[nH]c2ccc(O)cc12)C(=O)O. The Hall–Kier alpha value is -4.76. The summed E-state index contributed by atoms with van der Waals surface area (Å²) >= 11 is 6.41. The number of carboxylic acid groups (broad SMARTS) is 1. The largest absolute Gasteiger partial charge is 0.508 e. The first-order valence-corrected chi connectivity index (χ1v) is 11.9. The van der Waals surface area contributed by atoms with Crippen LogP contribution in [0, 0.1) is 0 Å². The number of ether oxygens (including phenoxy) is 1. The van der Waals surface area contributed by atoms with Crippen LogP contribution in [0.5, 0.6) is 11.5 Å². The molecular weight excluding hydrogens is 512 g/mol. The van der Waals surface area contributed by atoms with Crippen LogP contribution >= 0.6 is 11.6 Å². The predicted molar refractivity (Wildman–Crippen MR) is 142 cm³/mol. The van der Waals surface area contributed by atoms with Crippen molar-refractivity contribution >= 4 is 45.3 Å². The summed E-state index contributed by atoms with van der Waals surface area (Å²) < 4.78 is 10.9. The topological polar surface area (TPSA) is 142 Å². The van der Waals surface area contributed by atoms with E-state index in [2.05, 4.69) is 10.3 Å². The van der Waals surface area contributed by atoms with Gasteiger partial charge in [0.15, 0.2) is 6.61 Å². The lowest BCUT2D eigenvalue weighted by Crippen LogP contribution is -2.44. The number of H-pyrrole nitrogens is 1. The fourth-order valence-electron chi connectivity index (χ4n) is 4.26. The predicted octanol–water partition coefficient (Wildman–Crippen LogP) is 4.49. The molecule has 38 heavy (non-hydrogen) atoms. The second kappa shape index (κ2) is 10.3. The number of aliphatic carboxylic acids is 1. The van der Waals surface area contributed by atoms with E-state index in [0.717, 1.165) is 11.1 Å². The first-order valence-electron chi connectivity index (χ1n) is 11.6. The summed E-state index contributed by atoms with van der Waals surface area (Å²) in [6.45, 7) is -0.522. The number of amides is 1. The van der Waals surface area contributed by atoms with E-state index in [1.54, 1.807) is 18.3 Å². The van der Waals surface area contributed by atoms with Crippen LogP contribution in [-0.2, 0) is 16.0 Å². The van der Waals surface area contributed by atoms with Gasteiger partial charge in [0.05, 0.1) is 5.02 Å². The highest BCUT2D eigenvalue weighted by molar-refractivity contribution is 6.33. The molecule has 9 nitrogen and oxygen atoms in total. The molecule has 0 spiro atoms. The molecule has 0 aliphatic heterocycles. The van der Waals surface area contributed by atoms with Crippen molar-refractivity contribution in [1.29, 1.82) is 0 Å². The second-order valence-electron chi connectivity index (χ2n) is 8.62. The minimum absolute atomic E-state index is 0.0192. The van der Waals surface area contributed by atoms with Crippen LogP contribution in [0.25, 0.3) is 33.0 Å². The van der Waals surface area contributed by atoms with Crippen molar-refractivity contribution in [3.05, 3.63) is 93.9 Å². The van der Waals surface area contributed by atoms with Gasteiger partial charge in [-0.2, -0.15) is 0 Å². The zero-order valence-corrected chi connectivity index (χ0v) is 20.5. The van der Waals surface area contributed by atoms with Gasteiger partial charge in [-0.15, -0.1) is 0 Å². The molecule has 0 radical (unpaired) electrons. The number of aromatic nitrogens is 1. The second-order valence-corrected chi connectivity index (χ2v) is 9.03. The van der Waals surface area contributed by atoms with E-state index in [9.17, 15) is 24.6 Å². The van der Waals surface area contributed by atoms with Crippen LogP contribution in [-0.4, -0.2) is 39.7 Å². The van der Waals surface area contributed by atoms with E-state index in [-0.39, 0.29) is 28.5 Å². The summed E-state index contributed by atoms with van der Waals surface area (Å²) in [6.07, 6.45) is 1.61. The molecule has 3 aromatic carbocycles. The van der Waals surface area contributed by atoms with Crippen molar-refractivity contribution in [2.45, 2.75) is 12.5 Å². The average Bonchev–Trinajstić information content (AvgIpc) is 3.29. The molecule has 2 aromatic heterocycles. The number of rotatable bonds is 8. The summed E-state index contributed by atoms with van der Waals surface area (Å²) in [5.74, 6) is -1.77. The van der Waals surface area contributed by atoms with Crippen LogP contribution in [0.15, 0.2) is 82.1 Å². The van der Waals surface area contributed by atoms with Crippen LogP contribution in [0.3, 0.4) is 0 Å². The summed E-state index contributed by atoms with van der Waals surface area (Å²) in [5, 5.41) is 23.3. The van der Waals surface area contributed by atoms with Gasteiger partial charge in [-0.05, 0) is 41.0 Å². The standard InChI is InChI=1S/C28H21ClN2O7/c29-21-10-20-18(15-4-2-1-3-5-15)11-27(34)38-24(20)12-25(21)37-14-26(33)31-23(28(35)36)8-16-13-30-22-7-6-17(32)9-19(16)22/h1-7,9-13,23,30,32H,8,14H2,(H,31,33)(H,35,36)/t23-/m0/s1. The third-order valence-electron chi connectivity index (χ3n) is 6.05. The molecule has 1 amide bonds. The smallest absolute Gasteiger partial charge is 0.336 e. The maximum atomic E-state index is 12.6. The van der Waals surface area contributed by atoms with Crippen molar-refractivity contribution in [1.82, 2.24) is 10.3 Å². The molecule has 0 aliphatic rings. The molecule has 192 valence electrons. The molecule has 0 saturated heterocycles. The summed E-state index contributed by atoms with van der Waals surface area (Å²) in [7, 11) is 0. The van der Waals surface area contributed by atoms with Crippen LogP contribution < -0.4 is 15.7 Å². The fourth-order valence-corrected chi connectivity index (χ4v) is 4.48. The number of hydrogen-bond acceptors (Lipinski definition) is 6. The minimum atomic E-state index is -1.24. The molecule has 0 unspecified atom stereocenters. The minimum Gasteiger partial charge on any atom is -0.508 e. The highest BCUT2D eigenvalue weighted by Crippen LogP contribution is 2.34. The number of carbonyl (C=O) groups excluding carboxylic acids is 1. The van der Waals surface area contributed by atoms with Crippen molar-refractivity contribution < 1.29 is 29.0 Å². The van der Waals surface area contributed by atoms with E-state index < -0.39 is 30.2 Å². The van der Waals surface area contributed by atoms with Crippen LogP contribution in [0.1, 0.15) is 5.56 Å². The average molecular weight is 533 g/mol. The lowest BCUT2D eigenvalue weighted by atomic mass is 10.0. The third kappa shape index (κ3) is 5.18. The van der Waals surface area contributed by atoms with Crippen molar-refractivity contribution in [2.24, 2.45) is 0 Å². The summed E-state index contributed by atoms with van der Waals surface area (Å²) in [4.78, 5) is 39.6. The van der Waals surface area contributed by atoms with Crippen LogP contribution in [0.4, 0.5) is 0 Å². The molecule has 10 heteroatoms. The van der Waals surface area contributed by atoms with Gasteiger partial charge in [0.2, 0.25) is 0 Å². The molecule has 2 heterocycles. The first-order chi connectivity index (χ1) is 18.3. The molecule has 0 fully saturated rings. The van der Waals surface area contributed by atoms with E-state index in [0.29, 0.717) is 21.9 Å². The van der Waals surface area contributed by atoms with Gasteiger partial charge < -0.3 is 29.7 Å². The number of hydrogen-bond donors (Lipinski definition) is 4. The third-order valence-corrected chi connectivity index (χ3v) is 6.34. The Labute approximate surface area is 220 Å². The van der Waals surface area contributed by atoms with E-state index in [1.165, 1.54) is 24.3 Å². The Kier molecular flexibility index (Phi) is 6.76. The summed E-state index contributed by atoms with van der Waals surface area (Å²) in [5.41, 5.74) is 2.45. The fraction of sp³-hybridized carbons (Fsp3) is 0.107. The highest BCUT2D eigenvalue weighted by Gasteiger charge is 2.23. The molecule has 5 rings (SSSR count). The monoisotopic (exact) mass is 532 g/mol. The van der Waals surface area contributed by atoms with Gasteiger partial charge in [0.25, 0.3) is 5.91 Å². The Morgan fingerprint density at radius 1 is 1.05 bits per heavy atom. The number of fused-ring (bicyclic) bond motifs is 2. The number of carboxylic acids is 1. The Morgan fingerprint density at radius 2 is 1.84 bits per heavy atom. The Bertz CT molecular complexity index is 1730. The van der Waals surface area contributed by atoms with Gasteiger partial charge in [0.1, 0.15) is 23.1 Å². The van der Waals surface area contributed by atoms with Crippen molar-refractivity contribution in [3.63, 3.8) is 0 Å². The highest BCUT2D eigenvalue weighted by atomic mass is 35.5. The number of aromatic hydroxyl groups is 1. The molecule has 0 aliphatic carbocycles. The number of aromatic amines is 1. The lowest BCUT2D eigenvalue weighted by Gasteiger charge is -2.15. The maximum absolute atomic E-state index is 12.6. The van der Waals surface area contributed by atoms with Gasteiger partial charge in [-0.25, -0.2) is 9.59 Å². The number of halogens is 1. The number of phenols is 1. The molecular formula is C28H21ClN2O7. The molecule has 0 bridgehead atoms. The number of benzene rings is 3. The Morgan fingerprint density at radius 3 is 2.61 bits per heavy atom. The maximum Gasteiger partial charge on any atom is 0.336 e. The quantitative estimate of drug-likeness (QED) is 0.216. The van der Waals surface area contributed by atoms with E-state index in [1.807, 2.05) is 30.3 Å². The van der Waals surface area contributed by atoms with Gasteiger partial charge >= 0.3 is 11.6 Å². The number of carbonyl (C=O) groups is 2. The number of nitrogens with one attached hydrogen (secondary N) is 2. The number of phenolic OH excluding ortho intramolecular Hbond substituents is 1. The first kappa shape index (κ1) is 24.9. The van der Waals surface area contributed by atoms with E-state index in [4.69, 9.17) is 20.8 Å². The lowest BCUT2D eigenvalue weighted by molar-refractivity contribution is -0.142. The van der Waals surface area contributed by atoms with Crippen molar-refractivity contribution in [3.8, 4) is 22.6 Å². The zero-order valence-electron chi connectivity index (χ0n) is 19.7. The van der Waals surface area contributed by atoms with Gasteiger partial charge in [-0.1, -0.05) is 41.9 Å².